The molecule has 20 heavy (non-hydrogen) atoms. The average molecular weight is 268 g/mol. The van der Waals surface area contributed by atoms with Crippen molar-refractivity contribution in [2.24, 2.45) is 5.92 Å². The maximum Gasteiger partial charge on any atom is -0.0230 e. The van der Waals surface area contributed by atoms with Crippen LogP contribution in [-0.2, 0) is 0 Å². The van der Waals surface area contributed by atoms with Crippen molar-refractivity contribution in [1.82, 2.24) is 0 Å². The van der Waals surface area contributed by atoms with Crippen molar-refractivity contribution in [3.05, 3.63) is 59.8 Å². The third-order valence-electron chi connectivity index (χ3n) is 4.64. The van der Waals surface area contributed by atoms with Gasteiger partial charge < -0.3 is 0 Å². The van der Waals surface area contributed by atoms with E-state index < -0.39 is 0 Å². The Morgan fingerprint density at radius 2 is 2.05 bits per heavy atom. The molecule has 108 valence electrons. The summed E-state index contributed by atoms with van der Waals surface area (Å²) in [6.07, 6.45) is 23.5. The Hall–Kier alpha value is -1.30. The standard InChI is InChI=1S/C20H28/c1-3-5-6-8-18-9-7-10-19(16-13-18)20-14-11-17(4-2)12-15-20/h3,5-6,8,11,14,17H,1,4,7,9-10,12-13,15-16H2,2H3/b6-5-,18-8+,20-19-. The fourth-order valence-corrected chi connectivity index (χ4v) is 3.26. The first-order chi connectivity index (χ1) is 9.83. The zero-order valence-electron chi connectivity index (χ0n) is 12.9. The van der Waals surface area contributed by atoms with Crippen LogP contribution in [0.15, 0.2) is 59.8 Å². The molecule has 1 atom stereocenters. The summed E-state index contributed by atoms with van der Waals surface area (Å²) in [5, 5.41) is 0. The minimum atomic E-state index is 0.824. The van der Waals surface area contributed by atoms with Gasteiger partial charge in [0.05, 0.1) is 0 Å². The number of rotatable bonds is 3. The van der Waals surface area contributed by atoms with E-state index in [1.165, 1.54) is 51.4 Å². The van der Waals surface area contributed by atoms with Gasteiger partial charge in [0, 0.05) is 0 Å². The van der Waals surface area contributed by atoms with E-state index >= 15 is 0 Å². The molecular formula is C20H28. The van der Waals surface area contributed by atoms with Gasteiger partial charge in [0.25, 0.3) is 0 Å². The normalized spacial score (nSPS) is 29.9. The van der Waals surface area contributed by atoms with E-state index in [1.54, 1.807) is 16.7 Å². The molecule has 0 spiro atoms. The first-order valence-corrected chi connectivity index (χ1v) is 8.19. The third-order valence-corrected chi connectivity index (χ3v) is 4.64. The molecule has 2 aliphatic carbocycles. The molecule has 0 heterocycles. The van der Waals surface area contributed by atoms with Crippen molar-refractivity contribution in [3.63, 3.8) is 0 Å². The predicted octanol–water partition coefficient (Wildman–Crippen LogP) is 6.29. The molecule has 1 unspecified atom stereocenters. The second-order valence-electron chi connectivity index (χ2n) is 5.99. The second kappa shape index (κ2) is 8.09. The highest BCUT2D eigenvalue weighted by molar-refractivity contribution is 5.31. The number of hydrogen-bond acceptors (Lipinski definition) is 0. The lowest BCUT2D eigenvalue weighted by Crippen LogP contribution is -2.02. The largest absolute Gasteiger partial charge is 0.0991 e. The van der Waals surface area contributed by atoms with Gasteiger partial charge in [-0.1, -0.05) is 61.1 Å². The molecule has 0 radical (unpaired) electrons. The summed E-state index contributed by atoms with van der Waals surface area (Å²) >= 11 is 0. The lowest BCUT2D eigenvalue weighted by atomic mass is 9.87. The molecule has 2 aliphatic rings. The fourth-order valence-electron chi connectivity index (χ4n) is 3.26. The Morgan fingerprint density at radius 1 is 1.15 bits per heavy atom. The molecule has 0 nitrogen and oxygen atoms in total. The summed E-state index contributed by atoms with van der Waals surface area (Å²) in [7, 11) is 0. The van der Waals surface area contributed by atoms with Gasteiger partial charge in [-0.15, -0.1) is 0 Å². The highest BCUT2D eigenvalue weighted by Gasteiger charge is 2.15. The second-order valence-corrected chi connectivity index (χ2v) is 5.99. The Kier molecular flexibility index (Phi) is 6.11. The molecule has 0 aromatic rings. The molecule has 1 saturated carbocycles. The van der Waals surface area contributed by atoms with Gasteiger partial charge in [-0.05, 0) is 62.9 Å². The first kappa shape index (κ1) is 15.1. The molecule has 0 aliphatic heterocycles. The summed E-state index contributed by atoms with van der Waals surface area (Å²) in [4.78, 5) is 0. The Bertz CT molecular complexity index is 443. The maximum atomic E-state index is 3.72. The predicted molar refractivity (Wildman–Crippen MR) is 89.7 cm³/mol. The van der Waals surface area contributed by atoms with Gasteiger partial charge in [-0.25, -0.2) is 0 Å². The van der Waals surface area contributed by atoms with Crippen LogP contribution in [0.2, 0.25) is 0 Å². The van der Waals surface area contributed by atoms with Gasteiger partial charge in [0.15, 0.2) is 0 Å². The van der Waals surface area contributed by atoms with Gasteiger partial charge in [-0.2, -0.15) is 0 Å². The average Bonchev–Trinajstić information content (AvgIpc) is 2.73. The topological polar surface area (TPSA) is 0 Å². The monoisotopic (exact) mass is 268 g/mol. The highest BCUT2D eigenvalue weighted by atomic mass is 14.2. The summed E-state index contributed by atoms with van der Waals surface area (Å²) in [5.41, 5.74) is 4.98. The Labute approximate surface area is 124 Å². The van der Waals surface area contributed by atoms with E-state index in [0.29, 0.717) is 0 Å². The van der Waals surface area contributed by atoms with Crippen LogP contribution in [0.1, 0.15) is 58.3 Å². The SMILES string of the molecule is C=C/C=C\C=C1/CCC/C(=C2\C=CC(CC)CC2)CC1. The molecule has 1 fully saturated rings. The third kappa shape index (κ3) is 4.37. The molecule has 0 bridgehead atoms. The van der Waals surface area contributed by atoms with Crippen LogP contribution >= 0.6 is 0 Å². The smallest absolute Gasteiger partial charge is 0.0230 e. The fraction of sp³-hybridized carbons (Fsp3) is 0.500. The Morgan fingerprint density at radius 3 is 2.75 bits per heavy atom. The quantitative estimate of drug-likeness (QED) is 0.416. The molecule has 0 heteroatoms. The summed E-state index contributed by atoms with van der Waals surface area (Å²) < 4.78 is 0. The van der Waals surface area contributed by atoms with Crippen LogP contribution in [0.3, 0.4) is 0 Å². The molecule has 0 aromatic heterocycles. The van der Waals surface area contributed by atoms with Crippen molar-refractivity contribution in [2.75, 3.05) is 0 Å². The molecule has 2 rings (SSSR count). The summed E-state index contributed by atoms with van der Waals surface area (Å²) in [6, 6.07) is 0. The van der Waals surface area contributed by atoms with Crippen molar-refractivity contribution in [2.45, 2.75) is 58.3 Å². The van der Waals surface area contributed by atoms with E-state index in [0.717, 1.165) is 5.92 Å². The molecule has 0 N–H and O–H groups in total. The van der Waals surface area contributed by atoms with Gasteiger partial charge in [0.1, 0.15) is 0 Å². The summed E-state index contributed by atoms with van der Waals surface area (Å²) in [6.45, 7) is 6.02. The minimum absolute atomic E-state index is 0.824. The van der Waals surface area contributed by atoms with Crippen LogP contribution in [0.4, 0.5) is 0 Å². The lowest BCUT2D eigenvalue weighted by molar-refractivity contribution is 0.556. The van der Waals surface area contributed by atoms with Crippen LogP contribution < -0.4 is 0 Å². The lowest BCUT2D eigenvalue weighted by Gasteiger charge is -2.19. The van der Waals surface area contributed by atoms with E-state index in [1.807, 2.05) is 12.2 Å². The first-order valence-electron chi connectivity index (χ1n) is 8.19. The molecular weight excluding hydrogens is 240 g/mol. The van der Waals surface area contributed by atoms with Crippen molar-refractivity contribution in [3.8, 4) is 0 Å². The van der Waals surface area contributed by atoms with Crippen LogP contribution in [0, 0.1) is 5.92 Å². The number of allylic oxidation sites excluding steroid dienone is 9. The van der Waals surface area contributed by atoms with E-state index in [-0.39, 0.29) is 0 Å². The summed E-state index contributed by atoms with van der Waals surface area (Å²) in [5.74, 6) is 0.824. The zero-order valence-corrected chi connectivity index (χ0v) is 12.9. The molecule has 0 saturated heterocycles. The zero-order chi connectivity index (χ0) is 14.2. The van der Waals surface area contributed by atoms with Crippen molar-refractivity contribution < 1.29 is 0 Å². The van der Waals surface area contributed by atoms with Crippen LogP contribution in [-0.4, -0.2) is 0 Å². The van der Waals surface area contributed by atoms with Crippen LogP contribution in [0.5, 0.6) is 0 Å². The minimum Gasteiger partial charge on any atom is -0.0991 e. The van der Waals surface area contributed by atoms with Crippen LogP contribution in [0.25, 0.3) is 0 Å². The molecule has 0 aromatic carbocycles. The van der Waals surface area contributed by atoms with Gasteiger partial charge >= 0.3 is 0 Å². The molecule has 0 amide bonds. The van der Waals surface area contributed by atoms with E-state index in [9.17, 15) is 0 Å². The van der Waals surface area contributed by atoms with E-state index in [2.05, 4.69) is 37.8 Å². The van der Waals surface area contributed by atoms with Crippen molar-refractivity contribution in [1.29, 1.82) is 0 Å². The maximum absolute atomic E-state index is 3.72. The Balaban J connectivity index is 2.01. The number of hydrogen-bond donors (Lipinski definition) is 0. The highest BCUT2D eigenvalue weighted by Crippen LogP contribution is 2.33. The van der Waals surface area contributed by atoms with E-state index in [4.69, 9.17) is 0 Å². The van der Waals surface area contributed by atoms with Gasteiger partial charge in [-0.3, -0.25) is 0 Å². The van der Waals surface area contributed by atoms with Crippen molar-refractivity contribution >= 4 is 0 Å². The van der Waals surface area contributed by atoms with Gasteiger partial charge in [0.2, 0.25) is 0 Å².